The molecule has 0 radical (unpaired) electrons. The standard InChI is InChI=1S/C10H13NOS/c1-8-3-2-5-11-10(8)12-9-4-6-13-7-9/h2-3,5,9H,4,6-7H2,1H3. The van der Waals surface area contributed by atoms with Crippen LogP contribution in [0.3, 0.4) is 0 Å². The molecule has 1 aromatic heterocycles. The SMILES string of the molecule is Cc1cccnc1OC1CCSC1. The first-order valence-electron chi connectivity index (χ1n) is 4.52. The van der Waals surface area contributed by atoms with Gasteiger partial charge in [-0.2, -0.15) is 11.8 Å². The molecule has 3 heteroatoms. The highest BCUT2D eigenvalue weighted by atomic mass is 32.2. The van der Waals surface area contributed by atoms with E-state index in [0.29, 0.717) is 6.10 Å². The number of ether oxygens (including phenoxy) is 1. The number of hydrogen-bond acceptors (Lipinski definition) is 3. The van der Waals surface area contributed by atoms with Gasteiger partial charge in [0.2, 0.25) is 5.88 Å². The Morgan fingerprint density at radius 1 is 1.62 bits per heavy atom. The molecule has 0 spiro atoms. The molecule has 2 rings (SSSR count). The molecule has 0 N–H and O–H groups in total. The summed E-state index contributed by atoms with van der Waals surface area (Å²) >= 11 is 1.95. The molecule has 1 aromatic rings. The molecule has 1 unspecified atom stereocenters. The lowest BCUT2D eigenvalue weighted by Gasteiger charge is -2.12. The van der Waals surface area contributed by atoms with Gasteiger partial charge in [0.15, 0.2) is 0 Å². The first-order chi connectivity index (χ1) is 6.36. The zero-order valence-corrected chi connectivity index (χ0v) is 8.51. The molecule has 1 saturated heterocycles. The van der Waals surface area contributed by atoms with Crippen molar-refractivity contribution in [2.45, 2.75) is 19.4 Å². The zero-order valence-electron chi connectivity index (χ0n) is 7.69. The summed E-state index contributed by atoms with van der Waals surface area (Å²) in [5.41, 5.74) is 1.12. The van der Waals surface area contributed by atoms with Gasteiger partial charge < -0.3 is 4.74 Å². The monoisotopic (exact) mass is 195 g/mol. The molecular weight excluding hydrogens is 182 g/mol. The van der Waals surface area contributed by atoms with Crippen LogP contribution in [0.5, 0.6) is 5.88 Å². The number of rotatable bonds is 2. The summed E-state index contributed by atoms with van der Waals surface area (Å²) < 4.78 is 5.77. The highest BCUT2D eigenvalue weighted by Gasteiger charge is 2.17. The maximum absolute atomic E-state index is 5.77. The minimum Gasteiger partial charge on any atom is -0.473 e. The van der Waals surface area contributed by atoms with E-state index in [-0.39, 0.29) is 0 Å². The van der Waals surface area contributed by atoms with Crippen LogP contribution in [-0.4, -0.2) is 22.6 Å². The highest BCUT2D eigenvalue weighted by Crippen LogP contribution is 2.23. The number of pyridine rings is 1. The van der Waals surface area contributed by atoms with E-state index in [2.05, 4.69) is 4.98 Å². The minimum absolute atomic E-state index is 0.374. The summed E-state index contributed by atoms with van der Waals surface area (Å²) in [4.78, 5) is 4.21. The van der Waals surface area contributed by atoms with Crippen molar-refractivity contribution in [2.24, 2.45) is 0 Å². The molecule has 2 heterocycles. The van der Waals surface area contributed by atoms with Gasteiger partial charge in [-0.3, -0.25) is 0 Å². The normalized spacial score (nSPS) is 21.8. The van der Waals surface area contributed by atoms with E-state index in [1.165, 1.54) is 5.75 Å². The third-order valence-electron chi connectivity index (χ3n) is 2.13. The first kappa shape index (κ1) is 8.88. The lowest BCUT2D eigenvalue weighted by atomic mass is 10.3. The molecule has 0 bridgehead atoms. The quantitative estimate of drug-likeness (QED) is 0.722. The van der Waals surface area contributed by atoms with E-state index in [1.54, 1.807) is 6.20 Å². The van der Waals surface area contributed by atoms with Gasteiger partial charge in [0.05, 0.1) is 0 Å². The van der Waals surface area contributed by atoms with Gasteiger partial charge in [0.25, 0.3) is 0 Å². The van der Waals surface area contributed by atoms with Crippen molar-refractivity contribution in [3.63, 3.8) is 0 Å². The fourth-order valence-electron chi connectivity index (χ4n) is 1.36. The van der Waals surface area contributed by atoms with Crippen LogP contribution < -0.4 is 4.74 Å². The van der Waals surface area contributed by atoms with Crippen LogP contribution in [0.4, 0.5) is 0 Å². The van der Waals surface area contributed by atoms with E-state index in [1.807, 2.05) is 30.8 Å². The van der Waals surface area contributed by atoms with E-state index < -0.39 is 0 Å². The summed E-state index contributed by atoms with van der Waals surface area (Å²) in [6.07, 6.45) is 3.31. The summed E-state index contributed by atoms with van der Waals surface area (Å²) in [7, 11) is 0. The van der Waals surface area contributed by atoms with Crippen LogP contribution >= 0.6 is 11.8 Å². The fraction of sp³-hybridized carbons (Fsp3) is 0.500. The van der Waals surface area contributed by atoms with Crippen molar-refractivity contribution in [2.75, 3.05) is 11.5 Å². The van der Waals surface area contributed by atoms with Crippen molar-refractivity contribution in [3.05, 3.63) is 23.9 Å². The molecule has 0 saturated carbocycles. The molecule has 1 aliphatic rings. The van der Waals surface area contributed by atoms with Crippen molar-refractivity contribution in [3.8, 4) is 5.88 Å². The Labute approximate surface area is 82.7 Å². The van der Waals surface area contributed by atoms with Gasteiger partial charge in [-0.1, -0.05) is 6.07 Å². The van der Waals surface area contributed by atoms with Gasteiger partial charge in [-0.15, -0.1) is 0 Å². The number of thioether (sulfide) groups is 1. The maximum Gasteiger partial charge on any atom is 0.216 e. The highest BCUT2D eigenvalue weighted by molar-refractivity contribution is 7.99. The molecule has 0 amide bonds. The second-order valence-corrected chi connectivity index (χ2v) is 4.38. The summed E-state index contributed by atoms with van der Waals surface area (Å²) in [5, 5.41) is 0. The van der Waals surface area contributed by atoms with E-state index in [4.69, 9.17) is 4.74 Å². The molecule has 70 valence electrons. The second kappa shape index (κ2) is 4.01. The van der Waals surface area contributed by atoms with Crippen molar-refractivity contribution < 1.29 is 4.74 Å². The van der Waals surface area contributed by atoms with Gasteiger partial charge >= 0.3 is 0 Å². The third kappa shape index (κ3) is 2.15. The fourth-order valence-corrected chi connectivity index (χ4v) is 2.45. The van der Waals surface area contributed by atoms with Crippen LogP contribution in [0.2, 0.25) is 0 Å². The Morgan fingerprint density at radius 2 is 2.54 bits per heavy atom. The number of aryl methyl sites for hydroxylation is 1. The van der Waals surface area contributed by atoms with Gasteiger partial charge in [-0.05, 0) is 25.2 Å². The lowest BCUT2D eigenvalue weighted by molar-refractivity contribution is 0.218. The van der Waals surface area contributed by atoms with Crippen LogP contribution in [0.25, 0.3) is 0 Å². The molecule has 1 atom stereocenters. The zero-order chi connectivity index (χ0) is 9.10. The maximum atomic E-state index is 5.77. The van der Waals surface area contributed by atoms with Gasteiger partial charge in [0, 0.05) is 17.5 Å². The molecule has 0 aliphatic carbocycles. The van der Waals surface area contributed by atoms with E-state index in [9.17, 15) is 0 Å². The van der Waals surface area contributed by atoms with Crippen LogP contribution in [0.1, 0.15) is 12.0 Å². The first-order valence-corrected chi connectivity index (χ1v) is 5.68. The predicted octanol–water partition coefficient (Wildman–Crippen LogP) is 2.27. The van der Waals surface area contributed by atoms with Crippen LogP contribution in [-0.2, 0) is 0 Å². The number of aromatic nitrogens is 1. The second-order valence-electron chi connectivity index (χ2n) is 3.23. The average Bonchev–Trinajstić information content (AvgIpc) is 2.61. The molecule has 1 fully saturated rings. The molecular formula is C10H13NOS. The Bertz CT molecular complexity index is 284. The smallest absolute Gasteiger partial charge is 0.216 e. The summed E-state index contributed by atoms with van der Waals surface area (Å²) in [6.45, 7) is 2.03. The van der Waals surface area contributed by atoms with Crippen molar-refractivity contribution >= 4 is 11.8 Å². The van der Waals surface area contributed by atoms with E-state index in [0.717, 1.165) is 23.6 Å². The van der Waals surface area contributed by atoms with Gasteiger partial charge in [0.1, 0.15) is 6.10 Å². The van der Waals surface area contributed by atoms with E-state index >= 15 is 0 Å². The Morgan fingerprint density at radius 3 is 3.23 bits per heavy atom. The van der Waals surface area contributed by atoms with Crippen molar-refractivity contribution in [1.82, 2.24) is 4.98 Å². The number of nitrogens with zero attached hydrogens (tertiary/aromatic N) is 1. The lowest BCUT2D eigenvalue weighted by Crippen LogP contribution is -2.16. The Kier molecular flexibility index (Phi) is 2.74. The van der Waals surface area contributed by atoms with Crippen molar-refractivity contribution in [1.29, 1.82) is 0 Å². The third-order valence-corrected chi connectivity index (χ3v) is 3.26. The summed E-state index contributed by atoms with van der Waals surface area (Å²) in [5.74, 6) is 3.13. The minimum atomic E-state index is 0.374. The van der Waals surface area contributed by atoms with Gasteiger partial charge in [-0.25, -0.2) is 4.98 Å². The Hall–Kier alpha value is -0.700. The molecule has 0 aromatic carbocycles. The molecule has 1 aliphatic heterocycles. The van der Waals surface area contributed by atoms with Crippen LogP contribution in [0.15, 0.2) is 18.3 Å². The Balaban J connectivity index is 2.04. The average molecular weight is 195 g/mol. The molecule has 13 heavy (non-hydrogen) atoms. The largest absolute Gasteiger partial charge is 0.473 e. The molecule has 2 nitrogen and oxygen atoms in total. The topological polar surface area (TPSA) is 22.1 Å². The summed E-state index contributed by atoms with van der Waals surface area (Å²) in [6, 6.07) is 3.97. The predicted molar refractivity (Wildman–Crippen MR) is 55.3 cm³/mol. The van der Waals surface area contributed by atoms with Crippen LogP contribution in [0, 0.1) is 6.92 Å². The number of hydrogen-bond donors (Lipinski definition) is 0.